The number of pyridine rings is 2. The Kier molecular flexibility index (Phi) is 4.14. The van der Waals surface area contributed by atoms with Gasteiger partial charge in [-0.1, -0.05) is 34.1 Å². The second-order valence-corrected chi connectivity index (χ2v) is 8.10. The van der Waals surface area contributed by atoms with Crippen molar-refractivity contribution < 1.29 is 4.57 Å². The summed E-state index contributed by atoms with van der Waals surface area (Å²) in [6.07, 6.45) is 13.3. The Morgan fingerprint density at radius 1 is 0.806 bits per heavy atom. The van der Waals surface area contributed by atoms with Gasteiger partial charge in [0.1, 0.15) is 11.7 Å². The monoisotopic (exact) mass is 467 g/mol. The Hall–Kier alpha value is -3.84. The highest BCUT2D eigenvalue weighted by atomic mass is 79.9. The van der Waals surface area contributed by atoms with Crippen LogP contribution in [0.3, 0.4) is 0 Å². The number of nitrogens with zero attached hydrogens (tertiary/aromatic N) is 6. The standard InChI is InChI=1S/C24H16BrN6/c25-17-5-6-23-19(13-17)22(29-12-10-26-15-29)8-11-31(23)24-14-30(16-28-24)21-7-9-27-20-4-2-1-3-18(20)21/h1-16H/q+1. The van der Waals surface area contributed by atoms with Crippen LogP contribution in [0.1, 0.15) is 0 Å². The van der Waals surface area contributed by atoms with Crippen molar-refractivity contribution in [2.24, 2.45) is 0 Å². The first-order valence-electron chi connectivity index (χ1n) is 9.79. The first kappa shape index (κ1) is 18.0. The van der Waals surface area contributed by atoms with Gasteiger partial charge in [0.05, 0.1) is 29.4 Å². The molecule has 0 atom stereocenters. The number of aromatic nitrogens is 6. The van der Waals surface area contributed by atoms with E-state index in [2.05, 4.69) is 54.7 Å². The van der Waals surface area contributed by atoms with E-state index in [0.717, 1.165) is 43.5 Å². The molecule has 4 aromatic heterocycles. The van der Waals surface area contributed by atoms with E-state index in [9.17, 15) is 0 Å². The molecule has 0 aliphatic rings. The maximum atomic E-state index is 4.71. The van der Waals surface area contributed by atoms with Gasteiger partial charge in [0, 0.05) is 39.9 Å². The van der Waals surface area contributed by atoms with Crippen molar-refractivity contribution in [3.63, 3.8) is 0 Å². The summed E-state index contributed by atoms with van der Waals surface area (Å²) in [5, 5.41) is 2.18. The fourth-order valence-electron chi connectivity index (χ4n) is 3.94. The van der Waals surface area contributed by atoms with Crippen molar-refractivity contribution in [3.05, 3.63) is 103 Å². The summed E-state index contributed by atoms with van der Waals surface area (Å²) in [4.78, 5) is 13.4. The zero-order chi connectivity index (χ0) is 20.8. The van der Waals surface area contributed by atoms with Crippen LogP contribution in [0.15, 0.2) is 103 Å². The zero-order valence-corrected chi connectivity index (χ0v) is 17.9. The third kappa shape index (κ3) is 3.02. The van der Waals surface area contributed by atoms with E-state index in [-0.39, 0.29) is 0 Å². The maximum Gasteiger partial charge on any atom is 0.346 e. The smallest absolute Gasteiger partial charge is 0.305 e. The van der Waals surface area contributed by atoms with Gasteiger partial charge in [0.25, 0.3) is 0 Å². The van der Waals surface area contributed by atoms with Crippen LogP contribution in [0, 0.1) is 0 Å². The Labute approximate surface area is 186 Å². The molecule has 6 rings (SSSR count). The average Bonchev–Trinajstić information content (AvgIpc) is 3.50. The van der Waals surface area contributed by atoms with Gasteiger partial charge in [-0.15, -0.1) is 0 Å². The lowest BCUT2D eigenvalue weighted by molar-refractivity contribution is -0.571. The summed E-state index contributed by atoms with van der Waals surface area (Å²) in [5.41, 5.74) is 4.12. The maximum absolute atomic E-state index is 4.71. The minimum atomic E-state index is 0.838. The van der Waals surface area contributed by atoms with Gasteiger partial charge in [-0.25, -0.2) is 4.98 Å². The predicted molar refractivity (Wildman–Crippen MR) is 123 cm³/mol. The molecule has 148 valence electrons. The lowest BCUT2D eigenvalue weighted by atomic mass is 10.1. The second kappa shape index (κ2) is 7.14. The molecule has 0 unspecified atom stereocenters. The number of fused-ring (bicyclic) bond motifs is 2. The minimum Gasteiger partial charge on any atom is -0.305 e. The number of rotatable bonds is 3. The highest BCUT2D eigenvalue weighted by Crippen LogP contribution is 2.25. The van der Waals surface area contributed by atoms with E-state index < -0.39 is 0 Å². The molecule has 0 bridgehead atoms. The van der Waals surface area contributed by atoms with Crippen LogP contribution in [-0.4, -0.2) is 24.1 Å². The average molecular weight is 468 g/mol. The molecule has 0 N–H and O–H groups in total. The highest BCUT2D eigenvalue weighted by molar-refractivity contribution is 9.10. The quantitative estimate of drug-likeness (QED) is 0.351. The van der Waals surface area contributed by atoms with Gasteiger partial charge in [0.15, 0.2) is 0 Å². The summed E-state index contributed by atoms with van der Waals surface area (Å²) in [6, 6.07) is 18.5. The Bertz CT molecular complexity index is 1550. The summed E-state index contributed by atoms with van der Waals surface area (Å²) in [6.45, 7) is 0. The number of hydrogen-bond acceptors (Lipinski definition) is 3. The van der Waals surface area contributed by atoms with Gasteiger partial charge in [-0.05, 0) is 35.3 Å². The van der Waals surface area contributed by atoms with Crippen LogP contribution in [0.4, 0.5) is 0 Å². The van der Waals surface area contributed by atoms with Crippen LogP contribution in [-0.2, 0) is 0 Å². The van der Waals surface area contributed by atoms with E-state index >= 15 is 0 Å². The summed E-state index contributed by atoms with van der Waals surface area (Å²) in [7, 11) is 0. The summed E-state index contributed by atoms with van der Waals surface area (Å²) >= 11 is 3.61. The molecule has 0 fully saturated rings. The Morgan fingerprint density at radius 2 is 1.71 bits per heavy atom. The molecular formula is C24H16BrN6+. The van der Waals surface area contributed by atoms with E-state index in [0.29, 0.717) is 0 Å². The minimum absolute atomic E-state index is 0.838. The molecular weight excluding hydrogens is 452 g/mol. The van der Waals surface area contributed by atoms with E-state index in [1.165, 1.54) is 0 Å². The largest absolute Gasteiger partial charge is 0.346 e. The fourth-order valence-corrected chi connectivity index (χ4v) is 4.30. The van der Waals surface area contributed by atoms with Gasteiger partial charge in [-0.3, -0.25) is 9.55 Å². The third-order valence-electron chi connectivity index (χ3n) is 5.38. The van der Waals surface area contributed by atoms with Crippen molar-refractivity contribution in [1.29, 1.82) is 0 Å². The molecule has 0 saturated heterocycles. The summed E-state index contributed by atoms with van der Waals surface area (Å²) in [5.74, 6) is 0.838. The molecule has 0 radical (unpaired) electrons. The number of imidazole rings is 2. The van der Waals surface area contributed by atoms with E-state index in [4.69, 9.17) is 4.98 Å². The van der Waals surface area contributed by atoms with Crippen molar-refractivity contribution in [2.45, 2.75) is 0 Å². The first-order valence-corrected chi connectivity index (χ1v) is 10.6. The van der Waals surface area contributed by atoms with E-state index in [1.54, 1.807) is 6.20 Å². The van der Waals surface area contributed by atoms with Crippen molar-refractivity contribution in [3.8, 4) is 17.2 Å². The van der Waals surface area contributed by atoms with Crippen molar-refractivity contribution in [1.82, 2.24) is 24.1 Å². The first-order chi connectivity index (χ1) is 15.3. The molecule has 6 nitrogen and oxygen atoms in total. The normalized spacial score (nSPS) is 11.4. The molecule has 0 saturated carbocycles. The number of para-hydroxylation sites is 1. The molecule has 0 aliphatic heterocycles. The molecule has 0 amide bonds. The van der Waals surface area contributed by atoms with Crippen LogP contribution in [0.25, 0.3) is 39.0 Å². The topological polar surface area (TPSA) is 52.4 Å². The third-order valence-corrected chi connectivity index (χ3v) is 5.87. The second-order valence-electron chi connectivity index (χ2n) is 7.19. The van der Waals surface area contributed by atoms with Gasteiger partial charge < -0.3 is 4.57 Å². The van der Waals surface area contributed by atoms with Crippen molar-refractivity contribution in [2.75, 3.05) is 0 Å². The van der Waals surface area contributed by atoms with Crippen molar-refractivity contribution >= 4 is 37.7 Å². The Balaban J connectivity index is 1.53. The van der Waals surface area contributed by atoms with E-state index in [1.807, 2.05) is 76.9 Å². The Morgan fingerprint density at radius 3 is 2.61 bits per heavy atom. The summed E-state index contributed by atoms with van der Waals surface area (Å²) < 4.78 is 7.18. The van der Waals surface area contributed by atoms with Gasteiger partial charge >= 0.3 is 5.82 Å². The van der Waals surface area contributed by atoms with Crippen LogP contribution < -0.4 is 4.57 Å². The molecule has 6 aromatic rings. The van der Waals surface area contributed by atoms with Crippen LogP contribution >= 0.6 is 15.9 Å². The van der Waals surface area contributed by atoms with Gasteiger partial charge in [0.2, 0.25) is 6.33 Å². The number of benzene rings is 2. The SMILES string of the molecule is Brc1ccc2c(c1)c(-n1ccnc1)cc[n+]2-c1cn(-c2ccnc3ccccc23)cn1. The fraction of sp³-hybridized carbons (Fsp3) is 0. The molecule has 7 heteroatoms. The predicted octanol–water partition coefficient (Wildman–Crippen LogP) is 4.80. The van der Waals surface area contributed by atoms with Gasteiger partial charge in [-0.2, -0.15) is 4.57 Å². The number of hydrogen-bond donors (Lipinski definition) is 0. The number of halogens is 1. The zero-order valence-electron chi connectivity index (χ0n) is 16.3. The molecule has 31 heavy (non-hydrogen) atoms. The lowest BCUT2D eigenvalue weighted by Crippen LogP contribution is -2.32. The van der Waals surface area contributed by atoms with Crippen LogP contribution in [0.2, 0.25) is 0 Å². The molecule has 4 heterocycles. The molecule has 0 spiro atoms. The van der Waals surface area contributed by atoms with Crippen LogP contribution in [0.5, 0.6) is 0 Å². The lowest BCUT2D eigenvalue weighted by Gasteiger charge is -2.09. The highest BCUT2D eigenvalue weighted by Gasteiger charge is 2.18. The molecule has 2 aromatic carbocycles. The molecule has 0 aliphatic carbocycles.